The van der Waals surface area contributed by atoms with Crippen molar-refractivity contribution in [3.8, 4) is 5.75 Å². The van der Waals surface area contributed by atoms with Crippen molar-refractivity contribution in [1.29, 1.82) is 0 Å². The molecule has 24 heavy (non-hydrogen) atoms. The number of nitrogens with one attached hydrogen (secondary N) is 2. The topological polar surface area (TPSA) is 67.4 Å². The summed E-state index contributed by atoms with van der Waals surface area (Å²) < 4.78 is 5.57. The molecular weight excluding hydrogens is 304 g/mol. The normalized spacial score (nSPS) is 10.1. The van der Waals surface area contributed by atoms with E-state index < -0.39 is 0 Å². The van der Waals surface area contributed by atoms with E-state index in [1.165, 1.54) is 0 Å². The highest BCUT2D eigenvalue weighted by Gasteiger charge is 2.07. The van der Waals surface area contributed by atoms with Crippen LogP contribution >= 0.6 is 0 Å². The van der Waals surface area contributed by atoms with Gasteiger partial charge in [0.15, 0.2) is 6.61 Å². The molecule has 5 heteroatoms. The van der Waals surface area contributed by atoms with Crippen LogP contribution in [-0.2, 0) is 9.59 Å². The zero-order valence-electron chi connectivity index (χ0n) is 14.2. The van der Waals surface area contributed by atoms with Crippen LogP contribution in [0.2, 0.25) is 0 Å². The summed E-state index contributed by atoms with van der Waals surface area (Å²) in [5.41, 5.74) is 3.50. The number of amides is 2. The number of hydrogen-bond donors (Lipinski definition) is 2. The van der Waals surface area contributed by atoms with Crippen LogP contribution in [0.3, 0.4) is 0 Å². The minimum Gasteiger partial charge on any atom is -0.483 e. The molecule has 0 saturated heterocycles. The number of aryl methyl sites for hydroxylation is 1. The van der Waals surface area contributed by atoms with Gasteiger partial charge in [-0.2, -0.15) is 0 Å². The highest BCUT2D eigenvalue weighted by molar-refractivity contribution is 5.93. The molecule has 0 aromatic heterocycles. The Balaban J connectivity index is 1.88. The van der Waals surface area contributed by atoms with E-state index in [1.54, 1.807) is 31.2 Å². The van der Waals surface area contributed by atoms with E-state index in [2.05, 4.69) is 10.6 Å². The maximum Gasteiger partial charge on any atom is 0.262 e. The summed E-state index contributed by atoms with van der Waals surface area (Å²) in [7, 11) is 0. The van der Waals surface area contributed by atoms with Gasteiger partial charge in [-0.25, -0.2) is 0 Å². The van der Waals surface area contributed by atoms with Crippen molar-refractivity contribution in [3.05, 3.63) is 53.6 Å². The summed E-state index contributed by atoms with van der Waals surface area (Å²) in [4.78, 5) is 23.3. The third-order valence-electron chi connectivity index (χ3n) is 3.69. The Bertz CT molecular complexity index is 724. The smallest absolute Gasteiger partial charge is 0.262 e. The molecule has 0 atom stereocenters. The standard InChI is InChI=1S/C19H22N2O3/c1-4-18(22)20-15-8-10-16(11-9-15)21-19(23)12-24-17-7-5-6-13(2)14(17)3/h5-11H,4,12H2,1-3H3,(H,20,22)(H,21,23). The minimum absolute atomic E-state index is 0.0475. The second kappa shape index (κ2) is 8.15. The molecule has 0 heterocycles. The predicted molar refractivity (Wildman–Crippen MR) is 95.4 cm³/mol. The molecule has 2 amide bonds. The van der Waals surface area contributed by atoms with Crippen molar-refractivity contribution in [3.63, 3.8) is 0 Å². The van der Waals surface area contributed by atoms with Gasteiger partial charge in [-0.3, -0.25) is 9.59 Å². The fourth-order valence-corrected chi connectivity index (χ4v) is 2.11. The van der Waals surface area contributed by atoms with Crippen LogP contribution in [0.1, 0.15) is 24.5 Å². The molecule has 126 valence electrons. The second-order valence-corrected chi connectivity index (χ2v) is 5.51. The lowest BCUT2D eigenvalue weighted by Gasteiger charge is -2.11. The molecule has 0 radical (unpaired) electrons. The Morgan fingerprint density at radius 2 is 1.50 bits per heavy atom. The average Bonchev–Trinajstić information content (AvgIpc) is 2.58. The molecule has 0 bridgehead atoms. The first-order valence-electron chi connectivity index (χ1n) is 7.88. The van der Waals surface area contributed by atoms with Crippen LogP contribution in [-0.4, -0.2) is 18.4 Å². The molecule has 0 saturated carbocycles. The van der Waals surface area contributed by atoms with Crippen LogP contribution in [0.15, 0.2) is 42.5 Å². The van der Waals surface area contributed by atoms with E-state index in [9.17, 15) is 9.59 Å². The first-order valence-corrected chi connectivity index (χ1v) is 7.88. The lowest BCUT2D eigenvalue weighted by atomic mass is 10.1. The van der Waals surface area contributed by atoms with Crippen molar-refractivity contribution in [1.82, 2.24) is 0 Å². The van der Waals surface area contributed by atoms with E-state index in [1.807, 2.05) is 32.0 Å². The first kappa shape index (κ1) is 17.5. The Labute approximate surface area is 142 Å². The summed E-state index contributed by atoms with van der Waals surface area (Å²) in [6, 6.07) is 12.7. The number of benzene rings is 2. The summed E-state index contributed by atoms with van der Waals surface area (Å²) >= 11 is 0. The van der Waals surface area contributed by atoms with Crippen LogP contribution in [0.4, 0.5) is 11.4 Å². The number of carbonyl (C=O) groups excluding carboxylic acids is 2. The molecule has 0 aliphatic carbocycles. The van der Waals surface area contributed by atoms with E-state index in [0.29, 0.717) is 23.5 Å². The number of carbonyl (C=O) groups is 2. The second-order valence-electron chi connectivity index (χ2n) is 5.51. The monoisotopic (exact) mass is 326 g/mol. The molecule has 2 rings (SSSR count). The fourth-order valence-electron chi connectivity index (χ4n) is 2.11. The van der Waals surface area contributed by atoms with Crippen LogP contribution < -0.4 is 15.4 Å². The minimum atomic E-state index is -0.235. The lowest BCUT2D eigenvalue weighted by molar-refractivity contribution is -0.118. The molecule has 5 nitrogen and oxygen atoms in total. The Kier molecular flexibility index (Phi) is 5.95. The molecule has 0 aliphatic heterocycles. The average molecular weight is 326 g/mol. The van der Waals surface area contributed by atoms with E-state index in [0.717, 1.165) is 11.1 Å². The first-order chi connectivity index (χ1) is 11.5. The van der Waals surface area contributed by atoms with E-state index in [-0.39, 0.29) is 18.4 Å². The predicted octanol–water partition coefficient (Wildman–Crippen LogP) is 3.67. The number of rotatable bonds is 6. The summed E-state index contributed by atoms with van der Waals surface area (Å²) in [6.45, 7) is 5.70. The molecule has 0 fully saturated rings. The van der Waals surface area contributed by atoms with Crippen LogP contribution in [0, 0.1) is 13.8 Å². The van der Waals surface area contributed by atoms with E-state index >= 15 is 0 Å². The van der Waals surface area contributed by atoms with Crippen molar-refractivity contribution in [2.45, 2.75) is 27.2 Å². The van der Waals surface area contributed by atoms with Crippen LogP contribution in [0.25, 0.3) is 0 Å². The maximum atomic E-state index is 12.0. The Morgan fingerprint density at radius 3 is 2.08 bits per heavy atom. The van der Waals surface area contributed by atoms with Gasteiger partial charge in [0, 0.05) is 17.8 Å². The number of anilines is 2. The van der Waals surface area contributed by atoms with Gasteiger partial charge in [-0.1, -0.05) is 19.1 Å². The quantitative estimate of drug-likeness (QED) is 0.851. The van der Waals surface area contributed by atoms with Gasteiger partial charge in [0.1, 0.15) is 5.75 Å². The third-order valence-corrected chi connectivity index (χ3v) is 3.69. The summed E-state index contributed by atoms with van der Waals surface area (Å²) in [5.74, 6) is 0.428. The fraction of sp³-hybridized carbons (Fsp3) is 0.263. The van der Waals surface area contributed by atoms with Gasteiger partial charge >= 0.3 is 0 Å². The van der Waals surface area contributed by atoms with Crippen LogP contribution in [0.5, 0.6) is 5.75 Å². The molecular formula is C19H22N2O3. The van der Waals surface area contributed by atoms with Gasteiger partial charge in [0.05, 0.1) is 0 Å². The van der Waals surface area contributed by atoms with Gasteiger partial charge < -0.3 is 15.4 Å². The molecule has 2 aromatic rings. The van der Waals surface area contributed by atoms with Crippen molar-refractivity contribution in [2.24, 2.45) is 0 Å². The highest BCUT2D eigenvalue weighted by atomic mass is 16.5. The lowest BCUT2D eigenvalue weighted by Crippen LogP contribution is -2.20. The van der Waals surface area contributed by atoms with Gasteiger partial charge in [-0.15, -0.1) is 0 Å². The van der Waals surface area contributed by atoms with Crippen molar-refractivity contribution < 1.29 is 14.3 Å². The molecule has 2 N–H and O–H groups in total. The molecule has 0 spiro atoms. The zero-order chi connectivity index (χ0) is 17.5. The van der Waals surface area contributed by atoms with Crippen molar-refractivity contribution in [2.75, 3.05) is 17.2 Å². The Morgan fingerprint density at radius 1 is 0.917 bits per heavy atom. The SMILES string of the molecule is CCC(=O)Nc1ccc(NC(=O)COc2cccc(C)c2C)cc1. The zero-order valence-corrected chi connectivity index (χ0v) is 14.2. The maximum absolute atomic E-state index is 12.0. The highest BCUT2D eigenvalue weighted by Crippen LogP contribution is 2.20. The third kappa shape index (κ3) is 4.84. The molecule has 0 aliphatic rings. The van der Waals surface area contributed by atoms with Gasteiger partial charge in [0.2, 0.25) is 5.91 Å². The van der Waals surface area contributed by atoms with Gasteiger partial charge in [0.25, 0.3) is 5.91 Å². The van der Waals surface area contributed by atoms with Crippen molar-refractivity contribution >= 4 is 23.2 Å². The largest absolute Gasteiger partial charge is 0.483 e. The summed E-state index contributed by atoms with van der Waals surface area (Å²) in [6.07, 6.45) is 0.425. The summed E-state index contributed by atoms with van der Waals surface area (Å²) in [5, 5.41) is 5.52. The Hall–Kier alpha value is -2.82. The van der Waals surface area contributed by atoms with Gasteiger partial charge in [-0.05, 0) is 55.3 Å². The number of ether oxygens (including phenoxy) is 1. The molecule has 0 unspecified atom stereocenters. The van der Waals surface area contributed by atoms with E-state index in [4.69, 9.17) is 4.74 Å². The number of hydrogen-bond acceptors (Lipinski definition) is 3. The molecule has 2 aromatic carbocycles.